The van der Waals surface area contributed by atoms with Crippen molar-refractivity contribution in [2.24, 2.45) is 4.99 Å². The van der Waals surface area contributed by atoms with E-state index in [1.165, 1.54) is 31.4 Å². The average molecular weight is 327 g/mol. The second kappa shape index (κ2) is 6.54. The van der Waals surface area contributed by atoms with E-state index in [1.54, 1.807) is 31.4 Å². The molecule has 0 saturated heterocycles. The zero-order valence-corrected chi connectivity index (χ0v) is 13.1. The lowest BCUT2D eigenvalue weighted by Crippen LogP contribution is -2.05. The smallest absolute Gasteiger partial charge is 0.363 e. The minimum Gasteiger partial charge on any atom is -0.497 e. The van der Waals surface area contributed by atoms with E-state index in [0.717, 1.165) is 0 Å². The van der Waals surface area contributed by atoms with Crippen LogP contribution in [0, 0.1) is 5.82 Å². The van der Waals surface area contributed by atoms with Crippen LogP contribution in [-0.4, -0.2) is 26.1 Å². The minimum absolute atomic E-state index is 0.126. The molecule has 1 aliphatic rings. The van der Waals surface area contributed by atoms with Gasteiger partial charge < -0.3 is 14.2 Å². The van der Waals surface area contributed by atoms with Gasteiger partial charge in [0.1, 0.15) is 17.3 Å². The van der Waals surface area contributed by atoms with Crippen LogP contribution in [0.5, 0.6) is 11.5 Å². The summed E-state index contributed by atoms with van der Waals surface area (Å²) in [5, 5.41) is 0. The summed E-state index contributed by atoms with van der Waals surface area (Å²) in [7, 11) is 3.08. The van der Waals surface area contributed by atoms with Crippen LogP contribution in [-0.2, 0) is 9.53 Å². The lowest BCUT2D eigenvalue weighted by molar-refractivity contribution is -0.129. The van der Waals surface area contributed by atoms with E-state index in [4.69, 9.17) is 14.2 Å². The Hall–Kier alpha value is -3.15. The third-order valence-electron chi connectivity index (χ3n) is 3.44. The molecule has 122 valence electrons. The van der Waals surface area contributed by atoms with Gasteiger partial charge in [-0.05, 0) is 48.5 Å². The Kier molecular flexibility index (Phi) is 4.29. The highest BCUT2D eigenvalue weighted by Gasteiger charge is 2.24. The third-order valence-corrected chi connectivity index (χ3v) is 3.44. The Morgan fingerprint density at radius 3 is 2.50 bits per heavy atom. The molecule has 0 saturated carbocycles. The Morgan fingerprint density at radius 2 is 1.83 bits per heavy atom. The van der Waals surface area contributed by atoms with Crippen molar-refractivity contribution in [2.45, 2.75) is 0 Å². The highest BCUT2D eigenvalue weighted by atomic mass is 19.1. The van der Waals surface area contributed by atoms with Crippen molar-refractivity contribution in [2.75, 3.05) is 14.2 Å². The fourth-order valence-electron chi connectivity index (χ4n) is 2.22. The maximum atomic E-state index is 13.0. The molecule has 5 nitrogen and oxygen atoms in total. The first-order valence-electron chi connectivity index (χ1n) is 7.11. The van der Waals surface area contributed by atoms with Gasteiger partial charge in [-0.1, -0.05) is 0 Å². The van der Waals surface area contributed by atoms with Crippen LogP contribution < -0.4 is 9.47 Å². The number of aliphatic imine (C=N–C) groups is 1. The first-order valence-corrected chi connectivity index (χ1v) is 7.11. The summed E-state index contributed by atoms with van der Waals surface area (Å²) in [5.41, 5.74) is 1.28. The molecule has 3 rings (SSSR count). The number of halogens is 1. The summed E-state index contributed by atoms with van der Waals surface area (Å²) >= 11 is 0. The number of methoxy groups -OCH3 is 2. The van der Waals surface area contributed by atoms with Gasteiger partial charge in [0, 0.05) is 11.1 Å². The van der Waals surface area contributed by atoms with Crippen molar-refractivity contribution >= 4 is 17.9 Å². The Labute approximate surface area is 138 Å². The highest BCUT2D eigenvalue weighted by molar-refractivity contribution is 6.12. The molecule has 0 aliphatic carbocycles. The van der Waals surface area contributed by atoms with Gasteiger partial charge >= 0.3 is 5.97 Å². The number of hydrogen-bond acceptors (Lipinski definition) is 5. The van der Waals surface area contributed by atoms with Crippen LogP contribution in [0.4, 0.5) is 4.39 Å². The van der Waals surface area contributed by atoms with Crippen molar-refractivity contribution in [1.29, 1.82) is 0 Å². The van der Waals surface area contributed by atoms with Crippen LogP contribution in [0.25, 0.3) is 6.08 Å². The Bertz CT molecular complexity index is 841. The molecular formula is C18H14FNO4. The molecule has 2 aromatic rings. The van der Waals surface area contributed by atoms with Crippen molar-refractivity contribution < 1.29 is 23.4 Å². The van der Waals surface area contributed by atoms with Gasteiger partial charge in [-0.15, -0.1) is 0 Å². The Balaban J connectivity index is 1.98. The van der Waals surface area contributed by atoms with Gasteiger partial charge in [0.25, 0.3) is 0 Å². The van der Waals surface area contributed by atoms with Crippen LogP contribution in [0.15, 0.2) is 53.2 Å². The highest BCUT2D eigenvalue weighted by Crippen LogP contribution is 2.28. The molecule has 0 amide bonds. The SMILES string of the molecule is COc1ccc(OC)c(/C=C2\N=C(c3ccc(F)cc3)OC2=O)c1. The van der Waals surface area contributed by atoms with Crippen LogP contribution in [0.1, 0.15) is 11.1 Å². The zero-order valence-electron chi connectivity index (χ0n) is 13.1. The molecule has 6 heteroatoms. The van der Waals surface area contributed by atoms with Crippen molar-refractivity contribution in [1.82, 2.24) is 0 Å². The number of rotatable bonds is 4. The molecule has 0 radical (unpaired) electrons. The number of esters is 1. The quantitative estimate of drug-likeness (QED) is 0.639. The fraction of sp³-hybridized carbons (Fsp3) is 0.111. The second-order valence-corrected chi connectivity index (χ2v) is 4.95. The monoisotopic (exact) mass is 327 g/mol. The van der Waals surface area contributed by atoms with E-state index in [2.05, 4.69) is 4.99 Å². The molecule has 1 aliphatic heterocycles. The summed E-state index contributed by atoms with van der Waals surface area (Å²) in [4.78, 5) is 16.2. The molecule has 0 bridgehead atoms. The van der Waals surface area contributed by atoms with E-state index in [1.807, 2.05) is 0 Å². The summed E-state index contributed by atoms with van der Waals surface area (Å²) in [6.07, 6.45) is 1.56. The lowest BCUT2D eigenvalue weighted by Gasteiger charge is -2.07. The van der Waals surface area contributed by atoms with Crippen molar-refractivity contribution in [3.63, 3.8) is 0 Å². The molecule has 0 N–H and O–H groups in total. The Morgan fingerprint density at radius 1 is 1.08 bits per heavy atom. The largest absolute Gasteiger partial charge is 0.497 e. The van der Waals surface area contributed by atoms with E-state index in [-0.39, 0.29) is 17.4 Å². The maximum Gasteiger partial charge on any atom is 0.363 e. The first kappa shape index (κ1) is 15.7. The summed E-state index contributed by atoms with van der Waals surface area (Å²) in [6.45, 7) is 0. The molecule has 1 heterocycles. The number of carbonyl (C=O) groups excluding carboxylic acids is 1. The number of nitrogens with zero attached hydrogens (tertiary/aromatic N) is 1. The average Bonchev–Trinajstić information content (AvgIpc) is 2.96. The number of benzene rings is 2. The van der Waals surface area contributed by atoms with Gasteiger partial charge in [-0.3, -0.25) is 0 Å². The molecule has 0 aromatic heterocycles. The topological polar surface area (TPSA) is 57.1 Å². The van der Waals surface area contributed by atoms with E-state index in [0.29, 0.717) is 22.6 Å². The summed E-state index contributed by atoms with van der Waals surface area (Å²) < 4.78 is 28.6. The standard InChI is InChI=1S/C18H14FNO4/c1-22-14-7-8-16(23-2)12(9-14)10-15-18(21)24-17(20-15)11-3-5-13(19)6-4-11/h3-10H,1-2H3/b15-10-. The number of ether oxygens (including phenoxy) is 3. The second-order valence-electron chi connectivity index (χ2n) is 4.95. The molecule has 0 unspecified atom stereocenters. The summed E-state index contributed by atoms with van der Waals surface area (Å²) in [6, 6.07) is 10.8. The predicted octanol–water partition coefficient (Wildman–Crippen LogP) is 3.19. The number of hydrogen-bond donors (Lipinski definition) is 0. The van der Waals surface area contributed by atoms with Crippen LogP contribution in [0.2, 0.25) is 0 Å². The van der Waals surface area contributed by atoms with Gasteiger partial charge in [0.2, 0.25) is 5.90 Å². The minimum atomic E-state index is -0.584. The molecule has 0 fully saturated rings. The van der Waals surface area contributed by atoms with Crippen molar-refractivity contribution in [3.05, 3.63) is 65.1 Å². The number of carbonyl (C=O) groups is 1. The molecule has 0 spiro atoms. The van der Waals surface area contributed by atoms with E-state index in [9.17, 15) is 9.18 Å². The van der Waals surface area contributed by atoms with Gasteiger partial charge in [-0.25, -0.2) is 14.2 Å². The zero-order chi connectivity index (χ0) is 17.1. The molecule has 24 heavy (non-hydrogen) atoms. The van der Waals surface area contributed by atoms with Crippen molar-refractivity contribution in [3.8, 4) is 11.5 Å². The van der Waals surface area contributed by atoms with Gasteiger partial charge in [0.05, 0.1) is 14.2 Å². The maximum absolute atomic E-state index is 13.0. The number of cyclic esters (lactones) is 1. The van der Waals surface area contributed by atoms with Crippen LogP contribution >= 0.6 is 0 Å². The van der Waals surface area contributed by atoms with Crippen LogP contribution in [0.3, 0.4) is 0 Å². The normalized spacial score (nSPS) is 15.2. The summed E-state index contributed by atoms with van der Waals surface area (Å²) in [5.74, 6) is 0.367. The first-order chi connectivity index (χ1) is 11.6. The molecule has 0 atom stereocenters. The van der Waals surface area contributed by atoms with E-state index < -0.39 is 5.97 Å². The lowest BCUT2D eigenvalue weighted by atomic mass is 10.1. The molecular weight excluding hydrogens is 313 g/mol. The van der Waals surface area contributed by atoms with E-state index >= 15 is 0 Å². The fourth-order valence-corrected chi connectivity index (χ4v) is 2.22. The van der Waals surface area contributed by atoms with Gasteiger partial charge in [0.15, 0.2) is 5.70 Å². The van der Waals surface area contributed by atoms with Gasteiger partial charge in [-0.2, -0.15) is 0 Å². The third kappa shape index (κ3) is 3.12. The predicted molar refractivity (Wildman–Crippen MR) is 86.6 cm³/mol. The molecule has 2 aromatic carbocycles.